The van der Waals surface area contributed by atoms with Gasteiger partial charge in [0.15, 0.2) is 6.54 Å². The highest BCUT2D eigenvalue weighted by Gasteiger charge is 2.32. The van der Waals surface area contributed by atoms with E-state index in [1.807, 2.05) is 13.8 Å². The van der Waals surface area contributed by atoms with Crippen molar-refractivity contribution in [3.8, 4) is 0 Å². The van der Waals surface area contributed by atoms with Crippen LogP contribution in [0.2, 0.25) is 0 Å². The molecular weight excluding hydrogens is 374 g/mol. The lowest BCUT2D eigenvalue weighted by molar-refractivity contribution is -1.36. The Morgan fingerprint density at radius 3 is 1.18 bits per heavy atom. The van der Waals surface area contributed by atoms with Gasteiger partial charge in [-0.2, -0.15) is 0 Å². The smallest absolute Gasteiger partial charge is 0.178 e. The van der Waals surface area contributed by atoms with Crippen LogP contribution in [-0.4, -0.2) is 31.8 Å². The van der Waals surface area contributed by atoms with Crippen molar-refractivity contribution in [2.45, 2.75) is 130 Å². The molecule has 0 rings (SSSR count). The van der Waals surface area contributed by atoms with E-state index in [0.29, 0.717) is 0 Å². The van der Waals surface area contributed by atoms with Gasteiger partial charge in [0.2, 0.25) is 0 Å². The molecule has 0 radical (unpaired) electrons. The molecule has 0 aromatic rings. The van der Waals surface area contributed by atoms with Crippen LogP contribution in [0.4, 0.5) is 0 Å². The summed E-state index contributed by atoms with van der Waals surface area (Å²) in [4.78, 5) is 16.4. The summed E-state index contributed by atoms with van der Waals surface area (Å²) in [5.41, 5.74) is 0. The third kappa shape index (κ3) is 18.2. The van der Waals surface area contributed by atoms with Gasteiger partial charge in [-0.25, -0.2) is 0 Å². The molecule has 0 aliphatic rings. The molecule has 0 aliphatic carbocycles. The Bertz CT molecular complexity index is 300. The molecule has 0 bridgehead atoms. The highest BCUT2D eigenvalue weighted by atomic mass is 35.5. The summed E-state index contributed by atoms with van der Waals surface area (Å²) in [7, 11) is 3.27. The predicted octanol–water partition coefficient (Wildman–Crippen LogP) is 4.53. The molecule has 0 N–H and O–H groups in total. The Hall–Kier alpha value is 0.130. The highest BCUT2D eigenvalue weighted by molar-refractivity contribution is 4.49. The van der Waals surface area contributed by atoms with Gasteiger partial charge in [-0.05, 0) is 20.3 Å². The van der Waals surface area contributed by atoms with Gasteiger partial charge in [0.1, 0.15) is 20.3 Å². The number of hydrogen-bond acceptors (Lipinski definition) is 3. The quantitative estimate of drug-likeness (QED) is 0.154. The third-order valence-corrected chi connectivity index (χ3v) is 5.21. The normalized spacial score (nSPS) is 11.8. The van der Waals surface area contributed by atoms with E-state index in [1.54, 1.807) is 14.2 Å². The van der Waals surface area contributed by atoms with E-state index in [2.05, 4.69) is 6.92 Å². The van der Waals surface area contributed by atoms with Crippen LogP contribution in [0.25, 0.3) is 0 Å². The number of halogens is 1. The fourth-order valence-corrected chi connectivity index (χ4v) is 3.57. The second kappa shape index (κ2) is 21.8. The van der Waals surface area contributed by atoms with Crippen molar-refractivity contribution in [1.82, 2.24) is 0 Å². The Kier molecular flexibility index (Phi) is 23.6. The summed E-state index contributed by atoms with van der Waals surface area (Å²) in [6.07, 6.45) is 22.1. The molecule has 0 saturated carbocycles. The van der Waals surface area contributed by atoms with Crippen molar-refractivity contribution in [3.05, 3.63) is 0 Å². The van der Waals surface area contributed by atoms with Crippen LogP contribution in [0.1, 0.15) is 124 Å². The summed E-state index contributed by atoms with van der Waals surface area (Å²) in [5, 5.41) is 0. The highest BCUT2D eigenvalue weighted by Crippen LogP contribution is 2.17. The van der Waals surface area contributed by atoms with Crippen LogP contribution in [0.5, 0.6) is 0 Å². The molecule has 0 unspecified atom stereocenters. The summed E-state index contributed by atoms with van der Waals surface area (Å²) >= 11 is 0. The van der Waals surface area contributed by atoms with E-state index < -0.39 is 0 Å². The average molecular weight is 424 g/mol. The molecule has 0 spiro atoms. The Morgan fingerprint density at radius 1 is 0.571 bits per heavy atom. The number of nitrogens with zero attached hydrogens (tertiary/aromatic N) is 1. The Labute approximate surface area is 182 Å². The lowest BCUT2D eigenvalue weighted by atomic mass is 10.0. The second-order valence-electron chi connectivity index (χ2n) is 8.16. The first kappa shape index (κ1) is 30.3. The maximum Gasteiger partial charge on any atom is 0.178 e. The van der Waals surface area contributed by atoms with Crippen LogP contribution in [0.15, 0.2) is 0 Å². The zero-order valence-electron chi connectivity index (χ0n) is 19.6. The molecular formula is C23H50ClNO3. The van der Waals surface area contributed by atoms with E-state index in [0.717, 1.165) is 13.0 Å². The largest absolute Gasteiger partial charge is 1.00 e. The molecule has 5 heteroatoms. The first-order valence-corrected chi connectivity index (χ1v) is 11.8. The molecule has 0 saturated heterocycles. The van der Waals surface area contributed by atoms with Crippen molar-refractivity contribution >= 4 is 0 Å². The maximum absolute atomic E-state index is 5.75. The minimum Gasteiger partial charge on any atom is -1.00 e. The van der Waals surface area contributed by atoms with Crippen molar-refractivity contribution in [3.63, 3.8) is 0 Å². The number of hydrogen-bond donors (Lipinski definition) is 0. The van der Waals surface area contributed by atoms with Gasteiger partial charge in [-0.3, -0.25) is 0 Å². The van der Waals surface area contributed by atoms with Gasteiger partial charge < -0.3 is 12.4 Å². The summed E-state index contributed by atoms with van der Waals surface area (Å²) in [5.74, 6) is 0. The van der Waals surface area contributed by atoms with Gasteiger partial charge in [-0.15, -0.1) is 14.5 Å². The van der Waals surface area contributed by atoms with Crippen molar-refractivity contribution < 1.29 is 31.9 Å². The van der Waals surface area contributed by atoms with Gasteiger partial charge in [0.05, 0.1) is 4.97 Å². The van der Waals surface area contributed by atoms with E-state index in [-0.39, 0.29) is 23.5 Å². The molecule has 0 fully saturated rings. The minimum absolute atomic E-state index is 0. The second-order valence-corrected chi connectivity index (χ2v) is 8.16. The van der Waals surface area contributed by atoms with E-state index in [4.69, 9.17) is 14.5 Å². The van der Waals surface area contributed by atoms with E-state index in [1.165, 1.54) is 96.3 Å². The molecule has 4 nitrogen and oxygen atoms in total. The Morgan fingerprint density at radius 2 is 0.893 bits per heavy atom. The van der Waals surface area contributed by atoms with Gasteiger partial charge in [-0.1, -0.05) is 96.8 Å². The topological polar surface area (TPSA) is 27.7 Å². The first-order valence-electron chi connectivity index (χ1n) is 11.8. The molecule has 0 aromatic carbocycles. The first-order chi connectivity index (χ1) is 13.1. The molecule has 172 valence electrons. The van der Waals surface area contributed by atoms with Crippen LogP contribution >= 0.6 is 0 Å². The van der Waals surface area contributed by atoms with E-state index >= 15 is 0 Å². The molecule has 0 atom stereocenters. The number of hydroxylamine groups is 3. The number of rotatable bonds is 21. The third-order valence-electron chi connectivity index (χ3n) is 5.21. The Balaban J connectivity index is 0. The summed E-state index contributed by atoms with van der Waals surface area (Å²) in [6, 6.07) is 0. The maximum atomic E-state index is 5.75. The molecule has 0 amide bonds. The van der Waals surface area contributed by atoms with Gasteiger partial charge >= 0.3 is 0 Å². The van der Waals surface area contributed by atoms with Crippen molar-refractivity contribution in [2.75, 3.05) is 20.8 Å². The lowest BCUT2D eigenvalue weighted by Crippen LogP contribution is -3.00. The molecule has 28 heavy (non-hydrogen) atoms. The fraction of sp³-hybridized carbons (Fsp3) is 1.00. The minimum atomic E-state index is -0.156. The number of unbranched alkanes of at least 4 members (excludes halogenated alkanes) is 15. The standard InChI is InChI=1S/C23H50NO3.ClH/c1-6-7-8-9-10-11-12-13-14-15-16-17-18-19-20-21-22-24(25-4,26-5)27-23(2)3;/h23H,6-22H2,1-5H3;1H/q+1;/p-1. The van der Waals surface area contributed by atoms with Gasteiger partial charge in [0.25, 0.3) is 0 Å². The lowest BCUT2D eigenvalue weighted by Gasteiger charge is -2.28. The zero-order chi connectivity index (χ0) is 20.2. The zero-order valence-corrected chi connectivity index (χ0v) is 20.4. The van der Waals surface area contributed by atoms with Crippen LogP contribution in [0.3, 0.4) is 0 Å². The number of quaternary nitrogens is 1. The fourth-order valence-electron chi connectivity index (χ4n) is 3.57. The van der Waals surface area contributed by atoms with Gasteiger partial charge in [0, 0.05) is 6.42 Å². The van der Waals surface area contributed by atoms with E-state index in [9.17, 15) is 0 Å². The summed E-state index contributed by atoms with van der Waals surface area (Å²) < 4.78 is 0. The van der Waals surface area contributed by atoms with Crippen LogP contribution in [0, 0.1) is 0 Å². The molecule has 0 heterocycles. The monoisotopic (exact) mass is 423 g/mol. The molecule has 0 aliphatic heterocycles. The predicted molar refractivity (Wildman–Crippen MR) is 115 cm³/mol. The van der Waals surface area contributed by atoms with Crippen molar-refractivity contribution in [1.29, 1.82) is 0 Å². The van der Waals surface area contributed by atoms with Crippen LogP contribution in [-0.2, 0) is 14.5 Å². The SMILES string of the molecule is CCCCCCCCCCCCCCCCCC[N+](OC)(OC)OC(C)C.[Cl-]. The molecule has 0 aromatic heterocycles. The van der Waals surface area contributed by atoms with Crippen LogP contribution < -0.4 is 12.4 Å². The summed E-state index contributed by atoms with van der Waals surface area (Å²) in [6.45, 7) is 7.02. The van der Waals surface area contributed by atoms with Crippen molar-refractivity contribution in [2.24, 2.45) is 0 Å². The average Bonchev–Trinajstić information content (AvgIpc) is 2.66.